The van der Waals surface area contributed by atoms with Crippen molar-refractivity contribution < 1.29 is 23.4 Å². The molecular weight excluding hydrogens is 392 g/mol. The maximum atomic E-state index is 13.1. The van der Waals surface area contributed by atoms with Gasteiger partial charge >= 0.3 is 0 Å². The van der Waals surface area contributed by atoms with Crippen LogP contribution in [0, 0.1) is 11.6 Å². The van der Waals surface area contributed by atoms with Crippen LogP contribution in [0.3, 0.4) is 0 Å². The van der Waals surface area contributed by atoms with Crippen molar-refractivity contribution >= 4 is 17.5 Å². The molecule has 2 aromatic carbocycles. The Balaban J connectivity index is 1.51. The normalized spacial score (nSPS) is 11.9. The van der Waals surface area contributed by atoms with Gasteiger partial charge in [0.15, 0.2) is 11.6 Å². The largest absolute Gasteiger partial charge is 0.491 e. The predicted octanol–water partition coefficient (Wildman–Crippen LogP) is 2.97. The van der Waals surface area contributed by atoms with Crippen molar-refractivity contribution in [1.82, 2.24) is 15.1 Å². The molecule has 146 valence electrons. The van der Waals surface area contributed by atoms with Gasteiger partial charge < -0.3 is 15.2 Å². The Morgan fingerprint density at radius 1 is 1.25 bits per heavy atom. The van der Waals surface area contributed by atoms with Gasteiger partial charge in [-0.1, -0.05) is 23.7 Å². The summed E-state index contributed by atoms with van der Waals surface area (Å²) in [5.74, 6) is -2.40. The van der Waals surface area contributed by atoms with Crippen molar-refractivity contribution in [2.75, 3.05) is 13.2 Å². The van der Waals surface area contributed by atoms with Crippen LogP contribution >= 0.6 is 11.6 Å². The molecule has 0 spiro atoms. The molecule has 1 unspecified atom stereocenters. The zero-order valence-corrected chi connectivity index (χ0v) is 15.2. The van der Waals surface area contributed by atoms with E-state index >= 15 is 0 Å². The number of para-hydroxylation sites is 1. The van der Waals surface area contributed by atoms with Gasteiger partial charge in [0.1, 0.15) is 18.5 Å². The molecule has 3 aromatic rings. The second-order valence-electron chi connectivity index (χ2n) is 5.88. The average molecular weight is 408 g/mol. The fourth-order valence-corrected chi connectivity index (χ4v) is 2.56. The molecule has 1 atom stereocenters. The fraction of sp³-hybridized carbons (Fsp3) is 0.158. The van der Waals surface area contributed by atoms with E-state index in [0.717, 1.165) is 12.1 Å². The number of aromatic nitrogens is 2. The van der Waals surface area contributed by atoms with Crippen molar-refractivity contribution in [1.29, 1.82) is 0 Å². The van der Waals surface area contributed by atoms with Crippen molar-refractivity contribution in [3.63, 3.8) is 0 Å². The van der Waals surface area contributed by atoms with E-state index in [1.54, 1.807) is 24.3 Å². The number of nitrogens with zero attached hydrogens (tertiary/aromatic N) is 2. The minimum Gasteiger partial charge on any atom is -0.491 e. The van der Waals surface area contributed by atoms with Crippen molar-refractivity contribution in [2.24, 2.45) is 0 Å². The summed E-state index contributed by atoms with van der Waals surface area (Å²) < 4.78 is 32.6. The lowest BCUT2D eigenvalue weighted by atomic mass is 10.3. The molecular formula is C19H16ClF2N3O3. The Hall–Kier alpha value is -2.97. The van der Waals surface area contributed by atoms with E-state index in [9.17, 15) is 18.7 Å². The van der Waals surface area contributed by atoms with Gasteiger partial charge in [-0.15, -0.1) is 0 Å². The molecule has 0 radical (unpaired) electrons. The number of hydrogen-bond donors (Lipinski definition) is 2. The van der Waals surface area contributed by atoms with Gasteiger partial charge in [0, 0.05) is 18.8 Å². The first-order valence-electron chi connectivity index (χ1n) is 8.27. The van der Waals surface area contributed by atoms with Gasteiger partial charge in [-0.05, 0) is 24.3 Å². The smallest absolute Gasteiger partial charge is 0.254 e. The van der Waals surface area contributed by atoms with Crippen LogP contribution in [-0.2, 0) is 0 Å². The van der Waals surface area contributed by atoms with Gasteiger partial charge in [0.25, 0.3) is 5.91 Å². The van der Waals surface area contributed by atoms with Gasteiger partial charge in [-0.2, -0.15) is 5.10 Å². The Morgan fingerprint density at radius 3 is 2.79 bits per heavy atom. The molecule has 2 N–H and O–H groups in total. The van der Waals surface area contributed by atoms with Crippen LogP contribution < -0.4 is 10.1 Å². The molecule has 3 rings (SSSR count). The number of rotatable bonds is 7. The maximum Gasteiger partial charge on any atom is 0.254 e. The summed E-state index contributed by atoms with van der Waals surface area (Å²) in [6, 6.07) is 10.1. The monoisotopic (exact) mass is 407 g/mol. The van der Waals surface area contributed by atoms with Crippen LogP contribution in [-0.4, -0.2) is 40.0 Å². The highest BCUT2D eigenvalue weighted by Gasteiger charge is 2.13. The molecule has 0 saturated heterocycles. The molecule has 0 bridgehead atoms. The first-order valence-corrected chi connectivity index (χ1v) is 8.65. The molecule has 0 aliphatic heterocycles. The summed E-state index contributed by atoms with van der Waals surface area (Å²) in [5, 5.41) is 17.0. The van der Waals surface area contributed by atoms with E-state index in [2.05, 4.69) is 10.4 Å². The number of carbonyl (C=O) groups is 1. The van der Waals surface area contributed by atoms with Crippen molar-refractivity contribution in [3.8, 4) is 11.4 Å². The standard InChI is InChI=1S/C19H16ClF2N3O3/c20-15-3-1-2-4-18(15)25-10-12(8-24-25)19(27)23-9-13(26)11-28-14-5-6-16(21)17(22)7-14/h1-8,10,13,26H,9,11H2,(H,23,27). The average Bonchev–Trinajstić information content (AvgIpc) is 3.17. The van der Waals surface area contributed by atoms with Crippen LogP contribution in [0.2, 0.25) is 5.02 Å². The van der Waals surface area contributed by atoms with Crippen molar-refractivity contribution in [3.05, 3.63) is 77.1 Å². The Kier molecular flexibility index (Phi) is 6.23. The number of ether oxygens (including phenoxy) is 1. The molecule has 1 aromatic heterocycles. The van der Waals surface area contributed by atoms with Gasteiger partial charge in [0.05, 0.1) is 22.5 Å². The number of carbonyl (C=O) groups excluding carboxylic acids is 1. The molecule has 1 heterocycles. The first kappa shape index (κ1) is 19.8. The molecule has 0 aliphatic rings. The quantitative estimate of drug-likeness (QED) is 0.631. The predicted molar refractivity (Wildman–Crippen MR) is 98.8 cm³/mol. The van der Waals surface area contributed by atoms with Gasteiger partial charge in [-0.25, -0.2) is 13.5 Å². The van der Waals surface area contributed by atoms with Gasteiger partial charge in [-0.3, -0.25) is 4.79 Å². The molecule has 9 heteroatoms. The van der Waals surface area contributed by atoms with E-state index in [1.165, 1.54) is 23.1 Å². The summed E-state index contributed by atoms with van der Waals surface area (Å²) >= 11 is 6.10. The Labute approximate surface area is 164 Å². The summed E-state index contributed by atoms with van der Waals surface area (Å²) in [7, 11) is 0. The summed E-state index contributed by atoms with van der Waals surface area (Å²) in [5.41, 5.74) is 0.914. The third kappa shape index (κ3) is 4.85. The molecule has 28 heavy (non-hydrogen) atoms. The summed E-state index contributed by atoms with van der Waals surface area (Å²) in [6.45, 7) is -0.302. The highest BCUT2D eigenvalue weighted by Crippen LogP contribution is 2.19. The van der Waals surface area contributed by atoms with Crippen molar-refractivity contribution in [2.45, 2.75) is 6.10 Å². The fourth-order valence-electron chi connectivity index (χ4n) is 2.34. The van der Waals surface area contributed by atoms with Crippen LogP contribution in [0.4, 0.5) is 8.78 Å². The van der Waals surface area contributed by atoms with E-state index in [1.807, 2.05) is 0 Å². The minimum absolute atomic E-state index is 0.0743. The number of amides is 1. The number of aliphatic hydroxyl groups excluding tert-OH is 1. The third-order valence-corrected chi connectivity index (χ3v) is 4.10. The molecule has 0 saturated carbocycles. The molecule has 1 amide bonds. The van der Waals surface area contributed by atoms with Crippen LogP contribution in [0.15, 0.2) is 54.9 Å². The van der Waals surface area contributed by atoms with E-state index in [0.29, 0.717) is 10.7 Å². The SMILES string of the molecule is O=C(NCC(O)COc1ccc(F)c(F)c1)c1cnn(-c2ccccc2Cl)c1. The molecule has 6 nitrogen and oxygen atoms in total. The van der Waals surface area contributed by atoms with Gasteiger partial charge in [0.2, 0.25) is 0 Å². The maximum absolute atomic E-state index is 13.1. The Morgan fingerprint density at radius 2 is 2.04 bits per heavy atom. The zero-order valence-electron chi connectivity index (χ0n) is 14.5. The summed E-state index contributed by atoms with van der Waals surface area (Å²) in [6.07, 6.45) is 1.85. The summed E-state index contributed by atoms with van der Waals surface area (Å²) in [4.78, 5) is 12.2. The second-order valence-corrected chi connectivity index (χ2v) is 6.28. The lowest BCUT2D eigenvalue weighted by Crippen LogP contribution is -2.35. The number of aliphatic hydroxyl groups is 1. The van der Waals surface area contributed by atoms with E-state index in [4.69, 9.17) is 16.3 Å². The van der Waals surface area contributed by atoms with E-state index in [-0.39, 0.29) is 24.5 Å². The number of nitrogens with one attached hydrogen (secondary N) is 1. The van der Waals surface area contributed by atoms with Crippen LogP contribution in [0.1, 0.15) is 10.4 Å². The molecule has 0 fully saturated rings. The lowest BCUT2D eigenvalue weighted by Gasteiger charge is -2.13. The Bertz CT molecular complexity index is 981. The highest BCUT2D eigenvalue weighted by molar-refractivity contribution is 6.32. The second kappa shape index (κ2) is 8.81. The van der Waals surface area contributed by atoms with Crippen LogP contribution in [0.25, 0.3) is 5.69 Å². The van der Waals surface area contributed by atoms with E-state index < -0.39 is 23.6 Å². The topological polar surface area (TPSA) is 76.4 Å². The molecule has 0 aliphatic carbocycles. The third-order valence-electron chi connectivity index (χ3n) is 3.78. The number of hydrogen-bond acceptors (Lipinski definition) is 4. The zero-order chi connectivity index (χ0) is 20.1. The number of benzene rings is 2. The van der Waals surface area contributed by atoms with Crippen LogP contribution in [0.5, 0.6) is 5.75 Å². The minimum atomic E-state index is -1.05. The first-order chi connectivity index (χ1) is 13.4. The lowest BCUT2D eigenvalue weighted by molar-refractivity contribution is 0.0843. The highest BCUT2D eigenvalue weighted by atomic mass is 35.5. The number of halogens is 3.